The number of amides is 1. The van der Waals surface area contributed by atoms with Gasteiger partial charge in [-0.3, -0.25) is 4.79 Å². The van der Waals surface area contributed by atoms with Crippen LogP contribution in [0.5, 0.6) is 5.75 Å². The number of methoxy groups -OCH3 is 1. The fourth-order valence-electron chi connectivity index (χ4n) is 2.78. The van der Waals surface area contributed by atoms with Crippen molar-refractivity contribution in [3.63, 3.8) is 0 Å². The molecular weight excluding hydrogens is 388 g/mol. The molecule has 0 bridgehead atoms. The second kappa shape index (κ2) is 8.87. The highest BCUT2D eigenvalue weighted by molar-refractivity contribution is 7.14. The Kier molecular flexibility index (Phi) is 6.29. The van der Waals surface area contributed by atoms with Crippen molar-refractivity contribution in [2.24, 2.45) is 0 Å². The van der Waals surface area contributed by atoms with Crippen molar-refractivity contribution in [1.29, 1.82) is 0 Å². The lowest BCUT2D eigenvalue weighted by Crippen LogP contribution is -2.30. The Balaban J connectivity index is 1.75. The van der Waals surface area contributed by atoms with Crippen molar-refractivity contribution < 1.29 is 19.1 Å². The van der Waals surface area contributed by atoms with Crippen molar-refractivity contribution in [2.45, 2.75) is 26.9 Å². The smallest absolute Gasteiger partial charge is 0.351 e. The summed E-state index contributed by atoms with van der Waals surface area (Å²) in [6.45, 7) is 5.27. The van der Waals surface area contributed by atoms with E-state index in [1.54, 1.807) is 12.1 Å². The molecule has 3 aromatic rings. The van der Waals surface area contributed by atoms with Crippen LogP contribution in [0.3, 0.4) is 0 Å². The molecule has 29 heavy (non-hydrogen) atoms. The molecule has 0 saturated carbocycles. The van der Waals surface area contributed by atoms with Gasteiger partial charge in [-0.1, -0.05) is 36.4 Å². The first-order chi connectivity index (χ1) is 13.9. The molecule has 0 radical (unpaired) electrons. The van der Waals surface area contributed by atoms with Gasteiger partial charge in [-0.25, -0.2) is 9.78 Å². The summed E-state index contributed by atoms with van der Waals surface area (Å²) in [5, 5.41) is 3.50. The Bertz CT molecular complexity index is 1030. The topological polar surface area (TPSA) is 77.5 Å². The molecule has 6 nitrogen and oxygen atoms in total. The Labute approximate surface area is 173 Å². The third-order valence-electron chi connectivity index (χ3n) is 4.23. The van der Waals surface area contributed by atoms with Crippen molar-refractivity contribution in [3.8, 4) is 17.0 Å². The molecule has 0 fully saturated rings. The van der Waals surface area contributed by atoms with Gasteiger partial charge in [-0.15, -0.1) is 11.3 Å². The van der Waals surface area contributed by atoms with Crippen LogP contribution in [-0.4, -0.2) is 30.1 Å². The predicted octanol–water partition coefficient (Wildman–Crippen LogP) is 4.62. The molecule has 0 unspecified atom stereocenters. The maximum Gasteiger partial charge on any atom is 0.351 e. The van der Waals surface area contributed by atoms with Gasteiger partial charge in [0, 0.05) is 5.56 Å². The highest BCUT2D eigenvalue weighted by Gasteiger charge is 2.25. The summed E-state index contributed by atoms with van der Waals surface area (Å²) in [6, 6.07) is 14.9. The molecule has 3 rings (SSSR count). The second-order valence-electron chi connectivity index (χ2n) is 6.52. The van der Waals surface area contributed by atoms with E-state index in [1.165, 1.54) is 25.4 Å². The van der Waals surface area contributed by atoms with Gasteiger partial charge in [0.15, 0.2) is 6.10 Å². The van der Waals surface area contributed by atoms with Crippen molar-refractivity contribution >= 4 is 28.9 Å². The highest BCUT2D eigenvalue weighted by atomic mass is 32.1. The van der Waals surface area contributed by atoms with Gasteiger partial charge in [-0.05, 0) is 38.5 Å². The van der Waals surface area contributed by atoms with E-state index in [-0.39, 0.29) is 0 Å². The molecule has 1 aromatic heterocycles. The number of esters is 1. The fraction of sp³-hybridized carbons (Fsp3) is 0.227. The summed E-state index contributed by atoms with van der Waals surface area (Å²) < 4.78 is 10.7. The molecular formula is C22H22N2O4S. The highest BCUT2D eigenvalue weighted by Crippen LogP contribution is 2.29. The largest absolute Gasteiger partial charge is 0.495 e. The molecule has 0 aliphatic carbocycles. The lowest BCUT2D eigenvalue weighted by Gasteiger charge is -2.15. The average Bonchev–Trinajstić information content (AvgIpc) is 3.10. The summed E-state index contributed by atoms with van der Waals surface area (Å²) in [4.78, 5) is 30.1. The molecule has 0 saturated heterocycles. The van der Waals surface area contributed by atoms with E-state index in [9.17, 15) is 9.59 Å². The number of aryl methyl sites for hydroxylation is 2. The van der Waals surface area contributed by atoms with E-state index >= 15 is 0 Å². The number of rotatable bonds is 6. The number of carbonyl (C=O) groups excluding carboxylic acids is 2. The molecule has 150 valence electrons. The molecule has 7 heteroatoms. The minimum atomic E-state index is -0.987. The Morgan fingerprint density at radius 3 is 2.52 bits per heavy atom. The Morgan fingerprint density at radius 1 is 1.10 bits per heavy atom. The molecule has 2 aromatic carbocycles. The average molecular weight is 410 g/mol. The molecule has 1 N–H and O–H groups in total. The lowest BCUT2D eigenvalue weighted by molar-refractivity contribution is -0.123. The van der Waals surface area contributed by atoms with E-state index in [1.807, 2.05) is 50.2 Å². The van der Waals surface area contributed by atoms with Crippen LogP contribution in [0, 0.1) is 13.8 Å². The normalized spacial score (nSPS) is 11.6. The first-order valence-corrected chi connectivity index (χ1v) is 9.90. The van der Waals surface area contributed by atoms with Gasteiger partial charge in [-0.2, -0.15) is 0 Å². The van der Waals surface area contributed by atoms with Crippen LogP contribution in [0.4, 0.5) is 5.69 Å². The zero-order valence-corrected chi connectivity index (χ0v) is 17.5. The van der Waals surface area contributed by atoms with Crippen LogP contribution >= 0.6 is 11.3 Å². The van der Waals surface area contributed by atoms with E-state index in [2.05, 4.69) is 10.3 Å². The molecule has 1 amide bonds. The number of aromatic nitrogens is 1. The van der Waals surface area contributed by atoms with E-state index in [0.29, 0.717) is 22.0 Å². The van der Waals surface area contributed by atoms with Crippen LogP contribution in [0.15, 0.2) is 48.5 Å². The number of hydrogen-bond donors (Lipinski definition) is 1. The Morgan fingerprint density at radius 2 is 1.83 bits per heavy atom. The summed E-state index contributed by atoms with van der Waals surface area (Å²) >= 11 is 1.25. The first-order valence-electron chi connectivity index (χ1n) is 9.08. The SMILES string of the molecule is COc1ccc(C)cc1NC(=O)[C@H](C)OC(=O)c1sc(C)nc1-c1ccccc1. The van der Waals surface area contributed by atoms with Gasteiger partial charge < -0.3 is 14.8 Å². The van der Waals surface area contributed by atoms with Gasteiger partial charge in [0.05, 0.1) is 23.5 Å². The van der Waals surface area contributed by atoms with E-state index < -0.39 is 18.0 Å². The van der Waals surface area contributed by atoms with Gasteiger partial charge in [0.1, 0.15) is 10.6 Å². The third-order valence-corrected chi connectivity index (χ3v) is 5.18. The molecule has 1 atom stereocenters. The number of nitrogens with zero attached hydrogens (tertiary/aromatic N) is 1. The maximum absolute atomic E-state index is 12.7. The number of hydrogen-bond acceptors (Lipinski definition) is 6. The van der Waals surface area contributed by atoms with Crippen LogP contribution in [0.25, 0.3) is 11.3 Å². The number of thiazole rings is 1. The summed E-state index contributed by atoms with van der Waals surface area (Å²) in [5.41, 5.74) is 2.88. The quantitative estimate of drug-likeness (QED) is 0.600. The third kappa shape index (κ3) is 4.81. The number of nitrogens with one attached hydrogen (secondary N) is 1. The second-order valence-corrected chi connectivity index (χ2v) is 7.72. The van der Waals surface area contributed by atoms with Crippen molar-refractivity contribution in [2.75, 3.05) is 12.4 Å². The van der Waals surface area contributed by atoms with Gasteiger partial charge >= 0.3 is 5.97 Å². The van der Waals surface area contributed by atoms with E-state index in [4.69, 9.17) is 9.47 Å². The van der Waals surface area contributed by atoms with E-state index in [0.717, 1.165) is 16.1 Å². The standard InChI is InChI=1S/C22H22N2O4S/c1-13-10-11-18(27-4)17(12-13)24-21(25)14(2)28-22(26)20-19(23-15(3)29-20)16-8-6-5-7-9-16/h5-12,14H,1-4H3,(H,24,25)/t14-/m0/s1. The molecule has 0 aliphatic rings. The molecule has 1 heterocycles. The molecule has 0 aliphatic heterocycles. The summed E-state index contributed by atoms with van der Waals surface area (Å²) in [6.07, 6.45) is -0.987. The van der Waals surface area contributed by atoms with Gasteiger partial charge in [0.2, 0.25) is 0 Å². The zero-order valence-electron chi connectivity index (χ0n) is 16.7. The lowest BCUT2D eigenvalue weighted by atomic mass is 10.1. The Hall–Kier alpha value is -3.19. The van der Waals surface area contributed by atoms with Crippen LogP contribution < -0.4 is 10.1 Å². The minimum Gasteiger partial charge on any atom is -0.495 e. The minimum absolute atomic E-state index is 0.376. The first kappa shape index (κ1) is 20.5. The number of anilines is 1. The molecule has 0 spiro atoms. The summed E-state index contributed by atoms with van der Waals surface area (Å²) in [7, 11) is 1.53. The fourth-order valence-corrected chi connectivity index (χ4v) is 3.60. The van der Waals surface area contributed by atoms with Gasteiger partial charge in [0.25, 0.3) is 5.91 Å². The van der Waals surface area contributed by atoms with Crippen LogP contribution in [0.2, 0.25) is 0 Å². The van der Waals surface area contributed by atoms with Crippen molar-refractivity contribution in [3.05, 3.63) is 64.0 Å². The number of ether oxygens (including phenoxy) is 2. The monoisotopic (exact) mass is 410 g/mol. The number of carbonyl (C=O) groups is 2. The maximum atomic E-state index is 12.7. The zero-order chi connectivity index (χ0) is 21.0. The predicted molar refractivity (Wildman–Crippen MR) is 114 cm³/mol. The number of benzene rings is 2. The summed E-state index contributed by atoms with van der Waals surface area (Å²) in [5.74, 6) is -0.481. The van der Waals surface area contributed by atoms with Crippen LogP contribution in [0.1, 0.15) is 27.2 Å². The van der Waals surface area contributed by atoms with Crippen molar-refractivity contribution in [1.82, 2.24) is 4.98 Å². The van der Waals surface area contributed by atoms with Crippen LogP contribution in [-0.2, 0) is 9.53 Å².